The number of nitrogens with zero attached hydrogens (tertiary/aromatic N) is 2. The average molecular weight is 327 g/mol. The van der Waals surface area contributed by atoms with E-state index in [-0.39, 0.29) is 16.6 Å². The Morgan fingerprint density at radius 1 is 1.24 bits per heavy atom. The Kier molecular flexibility index (Phi) is 5.27. The molecule has 8 heteroatoms. The van der Waals surface area contributed by atoms with Gasteiger partial charge in [-0.3, -0.25) is 4.72 Å². The van der Waals surface area contributed by atoms with Crippen molar-refractivity contribution in [1.82, 2.24) is 10.2 Å². The quantitative estimate of drug-likeness (QED) is 0.809. The van der Waals surface area contributed by atoms with Crippen LogP contribution in [0.2, 0.25) is 0 Å². The van der Waals surface area contributed by atoms with Gasteiger partial charge in [0.15, 0.2) is 0 Å². The van der Waals surface area contributed by atoms with Crippen molar-refractivity contribution >= 4 is 26.5 Å². The van der Waals surface area contributed by atoms with Gasteiger partial charge < -0.3 is 5.11 Å². The van der Waals surface area contributed by atoms with Crippen molar-refractivity contribution in [1.29, 1.82) is 0 Å². The molecule has 0 saturated heterocycles. The van der Waals surface area contributed by atoms with Crippen LogP contribution in [0.1, 0.15) is 23.9 Å². The molecule has 0 aliphatic carbocycles. The number of anilines is 1. The fourth-order valence-electron chi connectivity index (χ4n) is 1.73. The third-order valence-corrected chi connectivity index (χ3v) is 5.32. The normalized spacial score (nSPS) is 11.5. The van der Waals surface area contributed by atoms with E-state index in [9.17, 15) is 8.42 Å². The summed E-state index contributed by atoms with van der Waals surface area (Å²) < 4.78 is 26.9. The minimum atomic E-state index is -3.64. The lowest BCUT2D eigenvalue weighted by atomic mass is 10.1. The molecule has 1 aromatic carbocycles. The van der Waals surface area contributed by atoms with Crippen LogP contribution in [0.15, 0.2) is 29.2 Å². The number of aromatic nitrogens is 2. The standard InChI is InChI=1S/C13H17N3O3S2/c1-2-12-14-15-13(20-12)16-21(18,19)11-7-5-10(6-8-11)4-3-9-17/h5-8,17H,2-4,9H2,1H3,(H,15,16). The maximum Gasteiger partial charge on any atom is 0.263 e. The Bertz CT molecular complexity index is 681. The molecule has 2 N–H and O–H groups in total. The molecule has 2 aromatic rings. The summed E-state index contributed by atoms with van der Waals surface area (Å²) in [5.41, 5.74) is 0.993. The number of aryl methyl sites for hydroxylation is 2. The lowest BCUT2D eigenvalue weighted by Crippen LogP contribution is -2.12. The van der Waals surface area contributed by atoms with Gasteiger partial charge in [-0.05, 0) is 37.0 Å². The van der Waals surface area contributed by atoms with E-state index in [4.69, 9.17) is 5.11 Å². The second kappa shape index (κ2) is 6.97. The zero-order valence-corrected chi connectivity index (χ0v) is 13.2. The molecule has 114 valence electrons. The SMILES string of the molecule is CCc1nnc(NS(=O)(=O)c2ccc(CCCO)cc2)s1. The summed E-state index contributed by atoms with van der Waals surface area (Å²) in [5.74, 6) is 0. The van der Waals surface area contributed by atoms with Crippen LogP contribution in [0.3, 0.4) is 0 Å². The maximum atomic E-state index is 12.2. The number of rotatable bonds is 7. The summed E-state index contributed by atoms with van der Waals surface area (Å²) in [6.45, 7) is 2.06. The largest absolute Gasteiger partial charge is 0.396 e. The molecule has 0 saturated carbocycles. The Balaban J connectivity index is 2.11. The first-order valence-corrected chi connectivity index (χ1v) is 8.90. The lowest BCUT2D eigenvalue weighted by Gasteiger charge is -2.06. The first kappa shape index (κ1) is 15.9. The zero-order chi connectivity index (χ0) is 15.3. The van der Waals surface area contributed by atoms with E-state index in [1.165, 1.54) is 11.3 Å². The third-order valence-electron chi connectivity index (χ3n) is 2.85. The molecule has 0 radical (unpaired) electrons. The predicted molar refractivity (Wildman–Crippen MR) is 81.9 cm³/mol. The van der Waals surface area contributed by atoms with Crippen molar-refractivity contribution in [3.05, 3.63) is 34.8 Å². The summed E-state index contributed by atoms with van der Waals surface area (Å²) in [5, 5.41) is 17.5. The Morgan fingerprint density at radius 3 is 2.52 bits per heavy atom. The number of nitrogens with one attached hydrogen (secondary N) is 1. The Labute approximate surface area is 127 Å². The van der Waals surface area contributed by atoms with Gasteiger partial charge in [0.2, 0.25) is 5.13 Å². The molecule has 2 rings (SSSR count). The van der Waals surface area contributed by atoms with Crippen LogP contribution in [0.5, 0.6) is 0 Å². The van der Waals surface area contributed by atoms with Crippen molar-refractivity contribution in [2.75, 3.05) is 11.3 Å². The fourth-order valence-corrected chi connectivity index (χ4v) is 3.64. The van der Waals surface area contributed by atoms with Gasteiger partial charge in [0.05, 0.1) is 4.90 Å². The molecule has 0 unspecified atom stereocenters. The van der Waals surface area contributed by atoms with E-state index in [1.54, 1.807) is 24.3 Å². The average Bonchev–Trinajstić information content (AvgIpc) is 2.92. The van der Waals surface area contributed by atoms with Crippen molar-refractivity contribution in [2.45, 2.75) is 31.1 Å². The zero-order valence-electron chi connectivity index (χ0n) is 11.6. The van der Waals surface area contributed by atoms with Crippen LogP contribution < -0.4 is 4.72 Å². The molecular formula is C13H17N3O3S2. The Hall–Kier alpha value is -1.51. The molecule has 0 spiro atoms. The van der Waals surface area contributed by atoms with Crippen molar-refractivity contribution in [3.8, 4) is 0 Å². The van der Waals surface area contributed by atoms with Crippen molar-refractivity contribution in [2.24, 2.45) is 0 Å². The third kappa shape index (κ3) is 4.23. The number of aliphatic hydroxyl groups is 1. The van der Waals surface area contributed by atoms with Crippen LogP contribution in [-0.4, -0.2) is 30.3 Å². The first-order chi connectivity index (χ1) is 10.0. The van der Waals surface area contributed by atoms with Gasteiger partial charge in [-0.1, -0.05) is 30.4 Å². The summed E-state index contributed by atoms with van der Waals surface area (Å²) in [4.78, 5) is 0.184. The molecule has 0 aliphatic heterocycles. The highest BCUT2D eigenvalue weighted by Crippen LogP contribution is 2.20. The molecule has 6 nitrogen and oxygen atoms in total. The number of hydrogen-bond donors (Lipinski definition) is 2. The van der Waals surface area contributed by atoms with E-state index in [0.29, 0.717) is 6.42 Å². The minimum Gasteiger partial charge on any atom is -0.396 e. The van der Waals surface area contributed by atoms with Gasteiger partial charge in [0, 0.05) is 6.61 Å². The van der Waals surface area contributed by atoms with Gasteiger partial charge in [0.1, 0.15) is 5.01 Å². The summed E-state index contributed by atoms with van der Waals surface area (Å²) in [7, 11) is -3.64. The van der Waals surface area contributed by atoms with Gasteiger partial charge in [-0.2, -0.15) is 0 Å². The van der Waals surface area contributed by atoms with Gasteiger partial charge in [0.25, 0.3) is 10.0 Å². The van der Waals surface area contributed by atoms with E-state index in [0.717, 1.165) is 23.4 Å². The van der Waals surface area contributed by atoms with E-state index in [2.05, 4.69) is 14.9 Å². The first-order valence-electron chi connectivity index (χ1n) is 6.60. The summed E-state index contributed by atoms with van der Waals surface area (Å²) in [6.07, 6.45) is 2.11. The van der Waals surface area contributed by atoms with E-state index >= 15 is 0 Å². The van der Waals surface area contributed by atoms with Crippen LogP contribution in [0.4, 0.5) is 5.13 Å². The Morgan fingerprint density at radius 2 is 1.95 bits per heavy atom. The predicted octanol–water partition coefficient (Wildman–Crippen LogP) is 1.83. The van der Waals surface area contributed by atoms with Gasteiger partial charge in [-0.25, -0.2) is 8.42 Å². The molecule has 0 atom stereocenters. The summed E-state index contributed by atoms with van der Waals surface area (Å²) >= 11 is 1.23. The van der Waals surface area contributed by atoms with Gasteiger partial charge in [-0.15, -0.1) is 10.2 Å². The van der Waals surface area contributed by atoms with E-state index < -0.39 is 10.0 Å². The molecule has 1 heterocycles. The smallest absolute Gasteiger partial charge is 0.263 e. The number of benzene rings is 1. The van der Waals surface area contributed by atoms with Crippen molar-refractivity contribution in [3.63, 3.8) is 0 Å². The number of sulfonamides is 1. The second-order valence-corrected chi connectivity index (χ2v) is 7.18. The molecule has 0 amide bonds. The van der Waals surface area contributed by atoms with Crippen LogP contribution >= 0.6 is 11.3 Å². The molecular weight excluding hydrogens is 310 g/mol. The highest BCUT2D eigenvalue weighted by atomic mass is 32.2. The highest BCUT2D eigenvalue weighted by molar-refractivity contribution is 7.93. The minimum absolute atomic E-state index is 0.123. The number of hydrogen-bond acceptors (Lipinski definition) is 6. The topological polar surface area (TPSA) is 92.2 Å². The second-order valence-electron chi connectivity index (χ2n) is 4.43. The molecule has 0 aliphatic rings. The summed E-state index contributed by atoms with van der Waals surface area (Å²) in [6, 6.07) is 6.61. The van der Waals surface area contributed by atoms with Crippen LogP contribution in [-0.2, 0) is 22.9 Å². The molecule has 0 bridgehead atoms. The van der Waals surface area contributed by atoms with E-state index in [1.807, 2.05) is 6.92 Å². The van der Waals surface area contributed by atoms with Crippen LogP contribution in [0, 0.1) is 0 Å². The molecule has 21 heavy (non-hydrogen) atoms. The molecule has 1 aromatic heterocycles. The lowest BCUT2D eigenvalue weighted by molar-refractivity contribution is 0.288. The number of aliphatic hydroxyl groups excluding tert-OH is 1. The van der Waals surface area contributed by atoms with Crippen molar-refractivity contribution < 1.29 is 13.5 Å². The maximum absolute atomic E-state index is 12.2. The molecule has 0 fully saturated rings. The highest BCUT2D eigenvalue weighted by Gasteiger charge is 2.16. The monoisotopic (exact) mass is 327 g/mol. The van der Waals surface area contributed by atoms with Crippen LogP contribution in [0.25, 0.3) is 0 Å². The van der Waals surface area contributed by atoms with Gasteiger partial charge >= 0.3 is 0 Å². The fraction of sp³-hybridized carbons (Fsp3) is 0.385.